The van der Waals surface area contributed by atoms with Gasteiger partial charge >= 0.3 is 0 Å². The van der Waals surface area contributed by atoms with Gasteiger partial charge in [0.15, 0.2) is 5.65 Å². The largest absolute Gasteiger partial charge is 0.374 e. The zero-order valence-corrected chi connectivity index (χ0v) is 16.4. The van der Waals surface area contributed by atoms with Crippen LogP contribution in [0.4, 0.5) is 0 Å². The lowest BCUT2D eigenvalue weighted by molar-refractivity contribution is -0.0295. The van der Waals surface area contributed by atoms with Gasteiger partial charge < -0.3 is 10.1 Å². The number of aromatic nitrogens is 3. The van der Waals surface area contributed by atoms with E-state index < -0.39 is 0 Å². The van der Waals surface area contributed by atoms with Gasteiger partial charge in [-0.1, -0.05) is 13.8 Å². The Morgan fingerprint density at radius 2 is 2.19 bits per heavy atom. The van der Waals surface area contributed by atoms with Crippen LogP contribution in [0.15, 0.2) is 6.07 Å². The molecule has 0 radical (unpaired) electrons. The lowest BCUT2D eigenvalue weighted by Gasteiger charge is -2.34. The number of rotatable bonds is 5. The van der Waals surface area contributed by atoms with Gasteiger partial charge in [-0.05, 0) is 25.8 Å². The van der Waals surface area contributed by atoms with Gasteiger partial charge in [0.05, 0.1) is 29.4 Å². The van der Waals surface area contributed by atoms with Gasteiger partial charge in [0.2, 0.25) is 0 Å². The molecule has 3 rings (SSSR count). The van der Waals surface area contributed by atoms with Gasteiger partial charge in [0.25, 0.3) is 5.91 Å². The summed E-state index contributed by atoms with van der Waals surface area (Å²) in [4.78, 5) is 19.8. The van der Waals surface area contributed by atoms with Crippen molar-refractivity contribution in [3.63, 3.8) is 0 Å². The molecule has 2 aromatic rings. The van der Waals surface area contributed by atoms with E-state index in [1.165, 1.54) is 0 Å². The maximum absolute atomic E-state index is 12.8. The first-order valence-electron chi connectivity index (χ1n) is 9.28. The lowest BCUT2D eigenvalue weighted by atomic mass is 10.1. The van der Waals surface area contributed by atoms with Crippen molar-refractivity contribution in [2.45, 2.75) is 33.8 Å². The zero-order chi connectivity index (χ0) is 18.8. The molecule has 0 saturated carbocycles. The summed E-state index contributed by atoms with van der Waals surface area (Å²) in [5.74, 6) is 0.533. The van der Waals surface area contributed by atoms with Crippen LogP contribution in [0.3, 0.4) is 0 Å². The van der Waals surface area contributed by atoms with Crippen molar-refractivity contribution in [3.05, 3.63) is 23.0 Å². The Morgan fingerprint density at radius 3 is 2.92 bits per heavy atom. The van der Waals surface area contributed by atoms with Crippen LogP contribution in [-0.4, -0.2) is 64.5 Å². The van der Waals surface area contributed by atoms with E-state index in [-0.39, 0.29) is 12.0 Å². The number of hydrogen-bond acceptors (Lipinski definition) is 5. The molecule has 7 heteroatoms. The highest BCUT2D eigenvalue weighted by Gasteiger charge is 2.23. The fourth-order valence-corrected chi connectivity index (χ4v) is 3.64. The van der Waals surface area contributed by atoms with Crippen LogP contribution >= 0.6 is 0 Å². The van der Waals surface area contributed by atoms with Gasteiger partial charge in [-0.2, -0.15) is 5.10 Å². The van der Waals surface area contributed by atoms with Crippen molar-refractivity contribution in [1.29, 1.82) is 0 Å². The summed E-state index contributed by atoms with van der Waals surface area (Å²) < 4.78 is 7.55. The standard InChI is InChI=1S/C19H29N5O2/c1-12(2)10-24-6-7-26-15(11-24)9-20-19(25)16-8-13(3)21-18-17(16)14(4)22-23(18)5/h8,12,15H,6-7,9-11H2,1-5H3,(H,20,25). The molecule has 1 unspecified atom stereocenters. The molecule has 0 spiro atoms. The predicted octanol–water partition coefficient (Wildman–Crippen LogP) is 1.67. The third kappa shape index (κ3) is 4.04. The van der Waals surface area contributed by atoms with E-state index in [4.69, 9.17) is 4.74 Å². The summed E-state index contributed by atoms with van der Waals surface area (Å²) in [5.41, 5.74) is 3.00. The molecule has 3 heterocycles. The summed E-state index contributed by atoms with van der Waals surface area (Å²) in [6, 6.07) is 1.83. The van der Waals surface area contributed by atoms with E-state index in [9.17, 15) is 4.79 Å². The topological polar surface area (TPSA) is 72.3 Å². The monoisotopic (exact) mass is 359 g/mol. The Labute approximate surface area is 154 Å². The van der Waals surface area contributed by atoms with Crippen LogP contribution in [0.2, 0.25) is 0 Å². The normalized spacial score (nSPS) is 18.6. The van der Waals surface area contributed by atoms with E-state index in [0.29, 0.717) is 24.6 Å². The first-order valence-corrected chi connectivity index (χ1v) is 9.28. The molecular weight excluding hydrogens is 330 g/mol. The number of amides is 1. The number of nitrogens with zero attached hydrogens (tertiary/aromatic N) is 4. The fraction of sp³-hybridized carbons (Fsp3) is 0.632. The number of hydrogen-bond donors (Lipinski definition) is 1. The first-order chi connectivity index (χ1) is 12.3. The Morgan fingerprint density at radius 1 is 1.42 bits per heavy atom. The number of carbonyl (C=O) groups is 1. The molecule has 1 N–H and O–H groups in total. The quantitative estimate of drug-likeness (QED) is 0.879. The van der Waals surface area contributed by atoms with Gasteiger partial charge in [0.1, 0.15) is 0 Å². The minimum absolute atomic E-state index is 0.0277. The molecule has 1 saturated heterocycles. The Bertz CT molecular complexity index is 799. The molecule has 7 nitrogen and oxygen atoms in total. The van der Waals surface area contributed by atoms with E-state index in [0.717, 1.165) is 42.1 Å². The maximum atomic E-state index is 12.8. The molecule has 0 bridgehead atoms. The van der Waals surface area contributed by atoms with Crippen LogP contribution in [0.5, 0.6) is 0 Å². The van der Waals surface area contributed by atoms with Crippen LogP contribution in [0, 0.1) is 19.8 Å². The second kappa shape index (κ2) is 7.72. The smallest absolute Gasteiger partial charge is 0.252 e. The molecule has 26 heavy (non-hydrogen) atoms. The second-order valence-electron chi connectivity index (χ2n) is 7.58. The van der Waals surface area contributed by atoms with Gasteiger partial charge in [0, 0.05) is 38.9 Å². The highest BCUT2D eigenvalue weighted by molar-refractivity contribution is 6.06. The van der Waals surface area contributed by atoms with Crippen LogP contribution < -0.4 is 5.32 Å². The highest BCUT2D eigenvalue weighted by Crippen LogP contribution is 2.21. The summed E-state index contributed by atoms with van der Waals surface area (Å²) >= 11 is 0. The van der Waals surface area contributed by atoms with E-state index in [1.54, 1.807) is 4.68 Å². The van der Waals surface area contributed by atoms with E-state index in [1.807, 2.05) is 27.0 Å². The number of aryl methyl sites for hydroxylation is 3. The molecule has 0 aliphatic carbocycles. The second-order valence-corrected chi connectivity index (χ2v) is 7.58. The lowest BCUT2D eigenvalue weighted by Crippen LogP contribution is -2.48. The first kappa shape index (κ1) is 18.8. The van der Waals surface area contributed by atoms with E-state index in [2.05, 4.69) is 34.1 Å². The molecular formula is C19H29N5O2. The SMILES string of the molecule is Cc1cc(C(=O)NCC2CN(CC(C)C)CCO2)c2c(C)nn(C)c2n1. The third-order valence-corrected chi connectivity index (χ3v) is 4.68. The maximum Gasteiger partial charge on any atom is 0.252 e. The van der Waals surface area contributed by atoms with Crippen molar-refractivity contribution in [2.24, 2.45) is 13.0 Å². The number of carbonyl (C=O) groups excluding carboxylic acids is 1. The molecule has 1 aliphatic rings. The molecule has 142 valence electrons. The van der Waals surface area contributed by atoms with Crippen molar-refractivity contribution < 1.29 is 9.53 Å². The van der Waals surface area contributed by atoms with Gasteiger partial charge in [-0.15, -0.1) is 0 Å². The van der Waals surface area contributed by atoms with Crippen LogP contribution in [0.25, 0.3) is 11.0 Å². The van der Waals surface area contributed by atoms with Gasteiger partial charge in [-0.3, -0.25) is 14.4 Å². The number of morpholine rings is 1. The molecule has 1 fully saturated rings. The number of fused-ring (bicyclic) bond motifs is 1. The third-order valence-electron chi connectivity index (χ3n) is 4.68. The molecule has 1 amide bonds. The van der Waals surface area contributed by atoms with Crippen molar-refractivity contribution in [3.8, 4) is 0 Å². The Hall–Kier alpha value is -1.99. The van der Waals surface area contributed by atoms with Crippen LogP contribution in [0.1, 0.15) is 35.6 Å². The van der Waals surface area contributed by atoms with E-state index >= 15 is 0 Å². The Kier molecular flexibility index (Phi) is 5.58. The summed E-state index contributed by atoms with van der Waals surface area (Å²) in [5, 5.41) is 8.27. The molecule has 1 aliphatic heterocycles. The fourth-order valence-electron chi connectivity index (χ4n) is 3.64. The molecule has 0 aromatic carbocycles. The van der Waals surface area contributed by atoms with Crippen molar-refractivity contribution in [2.75, 3.05) is 32.8 Å². The average molecular weight is 359 g/mol. The minimum atomic E-state index is -0.0961. The van der Waals surface area contributed by atoms with Crippen molar-refractivity contribution >= 4 is 16.9 Å². The number of ether oxygens (including phenoxy) is 1. The summed E-state index contributed by atoms with van der Waals surface area (Å²) in [6.45, 7) is 12.3. The highest BCUT2D eigenvalue weighted by atomic mass is 16.5. The zero-order valence-electron chi connectivity index (χ0n) is 16.4. The predicted molar refractivity (Wildman–Crippen MR) is 101 cm³/mol. The van der Waals surface area contributed by atoms with Crippen molar-refractivity contribution in [1.82, 2.24) is 25.0 Å². The minimum Gasteiger partial charge on any atom is -0.374 e. The number of pyridine rings is 1. The Balaban J connectivity index is 1.70. The van der Waals surface area contributed by atoms with Crippen LogP contribution in [-0.2, 0) is 11.8 Å². The number of nitrogens with one attached hydrogen (secondary N) is 1. The van der Waals surface area contributed by atoms with Gasteiger partial charge in [-0.25, -0.2) is 4.98 Å². The molecule has 2 aromatic heterocycles. The average Bonchev–Trinajstić information content (AvgIpc) is 2.86. The summed E-state index contributed by atoms with van der Waals surface area (Å²) in [7, 11) is 1.85. The summed E-state index contributed by atoms with van der Waals surface area (Å²) in [6.07, 6.45) is 0.0277. The molecule has 1 atom stereocenters.